The van der Waals surface area contributed by atoms with Gasteiger partial charge in [0, 0.05) is 11.6 Å². The third-order valence-electron chi connectivity index (χ3n) is 3.77. The van der Waals surface area contributed by atoms with E-state index in [0.717, 1.165) is 21.9 Å². The van der Waals surface area contributed by atoms with Crippen molar-refractivity contribution in [2.75, 3.05) is 12.4 Å². The van der Waals surface area contributed by atoms with Gasteiger partial charge in [-0.15, -0.1) is 16.8 Å². The molecule has 2 rings (SSSR count). The molecule has 0 saturated carbocycles. The minimum Gasteiger partial charge on any atom is -0.483 e. The van der Waals surface area contributed by atoms with Crippen LogP contribution < -0.4 is 4.74 Å². The Bertz CT molecular complexity index is 800. The second kappa shape index (κ2) is 9.80. The molecule has 1 atom stereocenters. The van der Waals surface area contributed by atoms with Crippen LogP contribution in [0.5, 0.6) is 5.75 Å². The zero-order valence-corrected chi connectivity index (χ0v) is 17.6. The summed E-state index contributed by atoms with van der Waals surface area (Å²) in [7, 11) is 0. The number of ether oxygens (including phenoxy) is 2. The van der Waals surface area contributed by atoms with E-state index in [4.69, 9.17) is 21.1 Å². The van der Waals surface area contributed by atoms with Crippen molar-refractivity contribution in [1.29, 1.82) is 0 Å². The van der Waals surface area contributed by atoms with Crippen LogP contribution in [0.4, 0.5) is 0 Å². The van der Waals surface area contributed by atoms with Crippen molar-refractivity contribution in [3.63, 3.8) is 0 Å². The number of rotatable bonds is 9. The lowest BCUT2D eigenvalue weighted by molar-refractivity contribution is -0.139. The van der Waals surface area contributed by atoms with Crippen LogP contribution in [0.15, 0.2) is 29.9 Å². The van der Waals surface area contributed by atoms with Crippen molar-refractivity contribution in [1.82, 2.24) is 14.8 Å². The quantitative estimate of drug-likeness (QED) is 0.344. The molecule has 0 bridgehead atoms. The molecular weight excluding hydrogens is 386 g/mol. The average Bonchev–Trinajstić information content (AvgIpc) is 3.01. The van der Waals surface area contributed by atoms with Gasteiger partial charge in [-0.2, -0.15) is 0 Å². The van der Waals surface area contributed by atoms with Crippen LogP contribution in [0, 0.1) is 13.8 Å². The number of allylic oxidation sites excluding steroid dienone is 1. The number of esters is 1. The van der Waals surface area contributed by atoms with Crippen LogP contribution in [0.3, 0.4) is 0 Å². The molecule has 0 aliphatic heterocycles. The number of aryl methyl sites for hydroxylation is 2. The molecule has 0 aliphatic carbocycles. The van der Waals surface area contributed by atoms with E-state index in [0.29, 0.717) is 24.1 Å². The predicted molar refractivity (Wildman–Crippen MR) is 108 cm³/mol. The number of nitrogens with zero attached hydrogens (tertiary/aromatic N) is 3. The highest BCUT2D eigenvalue weighted by Gasteiger charge is 2.20. The Labute approximate surface area is 168 Å². The van der Waals surface area contributed by atoms with E-state index in [2.05, 4.69) is 16.8 Å². The molecule has 27 heavy (non-hydrogen) atoms. The summed E-state index contributed by atoms with van der Waals surface area (Å²) in [4.78, 5) is 11.6. The number of aromatic nitrogens is 3. The minimum atomic E-state index is -0.339. The van der Waals surface area contributed by atoms with E-state index < -0.39 is 0 Å². The maximum Gasteiger partial charge on any atom is 0.316 e. The smallest absolute Gasteiger partial charge is 0.316 e. The Kier molecular flexibility index (Phi) is 7.74. The summed E-state index contributed by atoms with van der Waals surface area (Å²) in [6.45, 7) is 12.2. The molecule has 1 aromatic heterocycles. The third-order valence-corrected chi connectivity index (χ3v) is 5.30. The monoisotopic (exact) mass is 409 g/mol. The molecule has 0 amide bonds. The summed E-state index contributed by atoms with van der Waals surface area (Å²) in [5, 5.41) is 9.82. The number of thioether (sulfide) groups is 1. The molecule has 0 saturated heterocycles. The first-order valence-electron chi connectivity index (χ1n) is 8.63. The van der Waals surface area contributed by atoms with Crippen molar-refractivity contribution in [2.45, 2.75) is 45.5 Å². The van der Waals surface area contributed by atoms with Crippen molar-refractivity contribution in [2.24, 2.45) is 0 Å². The maximum absolute atomic E-state index is 11.6. The zero-order chi connectivity index (χ0) is 20.0. The van der Waals surface area contributed by atoms with Gasteiger partial charge in [-0.25, -0.2) is 0 Å². The molecule has 8 heteroatoms. The lowest BCUT2D eigenvalue weighted by Gasteiger charge is -2.17. The van der Waals surface area contributed by atoms with Gasteiger partial charge in [0.2, 0.25) is 0 Å². The van der Waals surface area contributed by atoms with Crippen molar-refractivity contribution in [3.8, 4) is 5.75 Å². The second-order valence-corrected chi connectivity index (χ2v) is 7.29. The summed E-state index contributed by atoms with van der Waals surface area (Å²) >= 11 is 7.50. The molecule has 1 unspecified atom stereocenters. The van der Waals surface area contributed by atoms with Crippen LogP contribution in [-0.4, -0.2) is 33.1 Å². The average molecular weight is 410 g/mol. The molecule has 0 spiro atoms. The van der Waals surface area contributed by atoms with E-state index in [1.165, 1.54) is 11.8 Å². The molecule has 2 aromatic rings. The summed E-state index contributed by atoms with van der Waals surface area (Å²) in [5.74, 6) is 1.27. The molecule has 146 valence electrons. The van der Waals surface area contributed by atoms with Gasteiger partial charge in [0.05, 0.1) is 12.4 Å². The Morgan fingerprint density at radius 2 is 2.04 bits per heavy atom. The first-order valence-corrected chi connectivity index (χ1v) is 9.99. The van der Waals surface area contributed by atoms with Gasteiger partial charge in [0.25, 0.3) is 0 Å². The van der Waals surface area contributed by atoms with Crippen molar-refractivity contribution >= 4 is 29.3 Å². The molecule has 0 aliphatic rings. The zero-order valence-electron chi connectivity index (χ0n) is 16.0. The highest BCUT2D eigenvalue weighted by molar-refractivity contribution is 7.99. The van der Waals surface area contributed by atoms with E-state index in [1.54, 1.807) is 13.0 Å². The molecule has 0 fully saturated rings. The largest absolute Gasteiger partial charge is 0.483 e. The normalized spacial score (nSPS) is 11.9. The Balaban J connectivity index is 2.19. The lowest BCUT2D eigenvalue weighted by Crippen LogP contribution is -2.13. The molecule has 0 N–H and O–H groups in total. The maximum atomic E-state index is 11.6. The fraction of sp³-hybridized carbons (Fsp3) is 0.421. The highest BCUT2D eigenvalue weighted by atomic mass is 35.5. The molecule has 1 heterocycles. The van der Waals surface area contributed by atoms with Crippen LogP contribution in [0.1, 0.15) is 36.9 Å². The van der Waals surface area contributed by atoms with Gasteiger partial charge in [0.1, 0.15) is 5.75 Å². The van der Waals surface area contributed by atoms with E-state index in [-0.39, 0.29) is 17.8 Å². The lowest BCUT2D eigenvalue weighted by atomic mass is 10.1. The minimum absolute atomic E-state index is 0.175. The SMILES string of the molecule is C=CCn1c(SCC(=O)OCC)nnc1C(C)Oc1cc(C)c(Cl)c(C)c1. The van der Waals surface area contributed by atoms with Gasteiger partial charge in [-0.3, -0.25) is 9.36 Å². The first-order chi connectivity index (χ1) is 12.9. The fourth-order valence-electron chi connectivity index (χ4n) is 2.57. The summed E-state index contributed by atoms with van der Waals surface area (Å²) in [5.41, 5.74) is 1.91. The van der Waals surface area contributed by atoms with Gasteiger partial charge in [-0.1, -0.05) is 29.4 Å². The van der Waals surface area contributed by atoms with Crippen LogP contribution in [-0.2, 0) is 16.1 Å². The Morgan fingerprint density at radius 1 is 1.37 bits per heavy atom. The molecule has 0 radical (unpaired) electrons. The number of halogens is 1. The first kappa shape index (κ1) is 21.3. The van der Waals surface area contributed by atoms with Gasteiger partial charge in [0.15, 0.2) is 17.1 Å². The van der Waals surface area contributed by atoms with E-state index >= 15 is 0 Å². The van der Waals surface area contributed by atoms with Crippen LogP contribution in [0.2, 0.25) is 5.02 Å². The van der Waals surface area contributed by atoms with Gasteiger partial charge >= 0.3 is 5.97 Å². The number of hydrogen-bond donors (Lipinski definition) is 0. The molecule has 6 nitrogen and oxygen atoms in total. The number of benzene rings is 1. The van der Waals surface area contributed by atoms with Gasteiger partial charge in [-0.05, 0) is 51.0 Å². The van der Waals surface area contributed by atoms with Crippen molar-refractivity contribution < 1.29 is 14.3 Å². The number of carbonyl (C=O) groups is 1. The molecular formula is C19H24ClN3O3S. The topological polar surface area (TPSA) is 66.2 Å². The summed E-state index contributed by atoms with van der Waals surface area (Å²) in [6, 6.07) is 3.80. The molecule has 1 aromatic carbocycles. The Morgan fingerprint density at radius 3 is 2.63 bits per heavy atom. The predicted octanol–water partition coefficient (Wildman–Crippen LogP) is 4.53. The number of carbonyl (C=O) groups excluding carboxylic acids is 1. The Hall–Kier alpha value is -1.99. The summed E-state index contributed by atoms with van der Waals surface area (Å²) in [6.07, 6.45) is 1.42. The highest BCUT2D eigenvalue weighted by Crippen LogP contribution is 2.29. The number of hydrogen-bond acceptors (Lipinski definition) is 6. The van der Waals surface area contributed by atoms with Gasteiger partial charge < -0.3 is 9.47 Å². The second-order valence-electron chi connectivity index (χ2n) is 5.96. The third kappa shape index (κ3) is 5.49. The van der Waals surface area contributed by atoms with Crippen LogP contribution in [0.25, 0.3) is 0 Å². The van der Waals surface area contributed by atoms with Crippen molar-refractivity contribution in [3.05, 3.63) is 46.8 Å². The summed E-state index contributed by atoms with van der Waals surface area (Å²) < 4.78 is 12.9. The van der Waals surface area contributed by atoms with E-state index in [9.17, 15) is 4.79 Å². The van der Waals surface area contributed by atoms with E-state index in [1.807, 2.05) is 37.5 Å². The van der Waals surface area contributed by atoms with Crippen LogP contribution >= 0.6 is 23.4 Å². The standard InChI is InChI=1S/C19H24ClN3O3S/c1-6-8-23-18(21-22-19(23)27-11-16(24)25-7-2)14(5)26-15-9-12(3)17(20)13(4)10-15/h6,9-10,14H,1,7-8,11H2,2-5H3. The fourth-order valence-corrected chi connectivity index (χ4v) is 3.43.